The van der Waals surface area contributed by atoms with Crippen molar-refractivity contribution >= 4 is 0 Å². The predicted octanol–water partition coefficient (Wildman–Crippen LogP) is 13.0. The van der Waals surface area contributed by atoms with Crippen molar-refractivity contribution in [1.29, 1.82) is 0 Å². The molecule has 0 saturated carbocycles. The van der Waals surface area contributed by atoms with E-state index in [1.165, 1.54) is 199 Å². The van der Waals surface area contributed by atoms with Gasteiger partial charge in [-0.05, 0) is 18.9 Å². The molecule has 0 saturated heterocycles. The monoisotopic (exact) mass is 545 g/mol. The maximum absolute atomic E-state index is 9.25. The van der Waals surface area contributed by atoms with Crippen LogP contribution in [0, 0.1) is 12.3 Å². The molecule has 1 N–H and O–H groups in total. The zero-order valence-electron chi connectivity index (χ0n) is 26.9. The molecule has 0 spiro atoms. The average molecular weight is 545 g/mol. The zero-order valence-corrected chi connectivity index (χ0v) is 26.9. The third-order valence-electron chi connectivity index (χ3n) is 8.46. The number of hydrogen-bond donors (Lipinski definition) is 1. The van der Waals surface area contributed by atoms with Crippen LogP contribution in [-0.4, -0.2) is 11.2 Å². The number of unbranched alkanes of at least 4 members (excludes halogenated alkanes) is 31. The van der Waals surface area contributed by atoms with E-state index in [4.69, 9.17) is 6.42 Å². The summed E-state index contributed by atoms with van der Waals surface area (Å²) in [5.41, 5.74) is 0. The molecule has 1 atom stereocenters. The summed E-state index contributed by atoms with van der Waals surface area (Å²) in [5.74, 6) is 2.31. The van der Waals surface area contributed by atoms with Gasteiger partial charge in [0, 0.05) is 0 Å². The lowest BCUT2D eigenvalue weighted by molar-refractivity contribution is 0.280. The molecule has 0 aliphatic rings. The van der Waals surface area contributed by atoms with Gasteiger partial charge in [-0.25, -0.2) is 0 Å². The van der Waals surface area contributed by atoms with Crippen LogP contribution in [0.25, 0.3) is 0 Å². The van der Waals surface area contributed by atoms with Crippen molar-refractivity contribution in [2.75, 3.05) is 0 Å². The third-order valence-corrected chi connectivity index (χ3v) is 8.46. The van der Waals surface area contributed by atoms with Gasteiger partial charge >= 0.3 is 0 Å². The van der Waals surface area contributed by atoms with E-state index in [1.807, 2.05) is 6.08 Å². The van der Waals surface area contributed by atoms with Crippen molar-refractivity contribution in [3.05, 3.63) is 12.2 Å². The van der Waals surface area contributed by atoms with Crippen LogP contribution in [0.5, 0.6) is 0 Å². The molecule has 0 bridgehead atoms. The van der Waals surface area contributed by atoms with E-state index in [0.29, 0.717) is 0 Å². The molecule has 0 aliphatic carbocycles. The molecule has 0 heterocycles. The van der Waals surface area contributed by atoms with Gasteiger partial charge in [-0.3, -0.25) is 0 Å². The fourth-order valence-corrected chi connectivity index (χ4v) is 5.74. The first-order valence-corrected chi connectivity index (χ1v) is 18.1. The first-order chi connectivity index (χ1) is 19.3. The fourth-order valence-electron chi connectivity index (χ4n) is 5.74. The largest absolute Gasteiger partial charge is 0.377 e. The van der Waals surface area contributed by atoms with Gasteiger partial charge in [-0.2, -0.15) is 0 Å². The Morgan fingerprint density at radius 1 is 0.436 bits per heavy atom. The number of aliphatic hydroxyl groups excluding tert-OH is 1. The second-order valence-electron chi connectivity index (χ2n) is 12.4. The maximum Gasteiger partial charge on any atom is 0.133 e. The molecule has 0 aliphatic heterocycles. The minimum Gasteiger partial charge on any atom is -0.377 e. The lowest BCUT2D eigenvalue weighted by atomic mass is 10.0. The Balaban J connectivity index is 3.06. The molecule has 0 unspecified atom stereocenters. The molecular formula is C38H72O. The lowest BCUT2D eigenvalue weighted by Gasteiger charge is -2.04. The second-order valence-corrected chi connectivity index (χ2v) is 12.4. The van der Waals surface area contributed by atoms with E-state index in [1.54, 1.807) is 6.08 Å². The minimum atomic E-state index is -0.705. The summed E-state index contributed by atoms with van der Waals surface area (Å²) in [6, 6.07) is 0. The average Bonchev–Trinajstić information content (AvgIpc) is 2.95. The van der Waals surface area contributed by atoms with Crippen molar-refractivity contribution in [3.8, 4) is 12.3 Å². The molecule has 230 valence electrons. The summed E-state index contributed by atoms with van der Waals surface area (Å²) >= 11 is 0. The number of terminal acetylenes is 1. The molecule has 1 nitrogen and oxygen atoms in total. The highest BCUT2D eigenvalue weighted by molar-refractivity contribution is 5.05. The Morgan fingerprint density at radius 3 is 0.897 bits per heavy atom. The summed E-state index contributed by atoms with van der Waals surface area (Å²) < 4.78 is 0. The molecule has 0 fully saturated rings. The molecule has 0 aromatic carbocycles. The van der Waals surface area contributed by atoms with Crippen molar-refractivity contribution in [2.45, 2.75) is 218 Å². The van der Waals surface area contributed by atoms with Gasteiger partial charge in [-0.1, -0.05) is 212 Å². The smallest absolute Gasteiger partial charge is 0.133 e. The molecule has 0 amide bonds. The SMILES string of the molecule is C#C[C@H](O)/C=C/CCCCCCCCCCCCCCCCCCCCCCCCCCCCCCCCC. The maximum atomic E-state index is 9.25. The summed E-state index contributed by atoms with van der Waals surface area (Å²) in [6.45, 7) is 2.30. The summed E-state index contributed by atoms with van der Waals surface area (Å²) in [6.07, 6.45) is 54.0. The van der Waals surface area contributed by atoms with Crippen LogP contribution >= 0.6 is 0 Å². The Labute approximate surface area is 247 Å². The van der Waals surface area contributed by atoms with Gasteiger partial charge in [0.1, 0.15) is 6.10 Å². The van der Waals surface area contributed by atoms with Gasteiger partial charge in [0.25, 0.3) is 0 Å². The standard InChI is InChI=1S/C38H72O/c1-3-5-6-7-8-9-10-11-12-13-14-15-16-17-18-19-20-21-22-23-24-25-26-27-28-29-30-31-32-33-34-35-36-37-38(39)4-2/h2,36-39H,3,5-35H2,1H3/b37-36+/t38-/m0/s1. The van der Waals surface area contributed by atoms with Crippen LogP contribution in [0.15, 0.2) is 12.2 Å². The van der Waals surface area contributed by atoms with Crippen LogP contribution in [0.3, 0.4) is 0 Å². The Hall–Kier alpha value is -0.740. The highest BCUT2D eigenvalue weighted by atomic mass is 16.3. The molecule has 1 heteroatoms. The van der Waals surface area contributed by atoms with Crippen LogP contribution in [-0.2, 0) is 0 Å². The molecular weight excluding hydrogens is 472 g/mol. The van der Waals surface area contributed by atoms with Gasteiger partial charge in [0.2, 0.25) is 0 Å². The van der Waals surface area contributed by atoms with Crippen molar-refractivity contribution < 1.29 is 5.11 Å². The Morgan fingerprint density at radius 2 is 0.667 bits per heavy atom. The molecule has 39 heavy (non-hydrogen) atoms. The van der Waals surface area contributed by atoms with Crippen molar-refractivity contribution in [3.63, 3.8) is 0 Å². The predicted molar refractivity (Wildman–Crippen MR) is 177 cm³/mol. The first kappa shape index (κ1) is 38.3. The summed E-state index contributed by atoms with van der Waals surface area (Å²) in [7, 11) is 0. The van der Waals surface area contributed by atoms with E-state index >= 15 is 0 Å². The topological polar surface area (TPSA) is 20.2 Å². The highest BCUT2D eigenvalue weighted by Gasteiger charge is 1.97. The van der Waals surface area contributed by atoms with Crippen LogP contribution < -0.4 is 0 Å². The van der Waals surface area contributed by atoms with E-state index in [9.17, 15) is 5.11 Å². The lowest BCUT2D eigenvalue weighted by Crippen LogP contribution is -1.95. The molecule has 0 rings (SSSR count). The normalized spacial score (nSPS) is 12.3. The van der Waals surface area contributed by atoms with Gasteiger partial charge in [0.15, 0.2) is 0 Å². The molecule has 0 radical (unpaired) electrons. The Kier molecular flexibility index (Phi) is 34.6. The van der Waals surface area contributed by atoms with E-state index in [0.717, 1.165) is 6.42 Å². The number of hydrogen-bond acceptors (Lipinski definition) is 1. The van der Waals surface area contributed by atoms with Crippen molar-refractivity contribution in [1.82, 2.24) is 0 Å². The van der Waals surface area contributed by atoms with Crippen LogP contribution in [0.1, 0.15) is 212 Å². The van der Waals surface area contributed by atoms with E-state index in [2.05, 4.69) is 12.8 Å². The quantitative estimate of drug-likeness (QED) is 0.0495. The second kappa shape index (κ2) is 35.3. The molecule has 0 aromatic heterocycles. The van der Waals surface area contributed by atoms with Crippen LogP contribution in [0.2, 0.25) is 0 Å². The number of allylic oxidation sites excluding steroid dienone is 1. The summed E-state index contributed by atoms with van der Waals surface area (Å²) in [5, 5.41) is 9.25. The number of rotatable bonds is 33. The van der Waals surface area contributed by atoms with Crippen LogP contribution in [0.4, 0.5) is 0 Å². The highest BCUT2D eigenvalue weighted by Crippen LogP contribution is 2.16. The molecule has 0 aromatic rings. The van der Waals surface area contributed by atoms with Gasteiger partial charge in [-0.15, -0.1) is 6.42 Å². The van der Waals surface area contributed by atoms with E-state index < -0.39 is 6.10 Å². The summed E-state index contributed by atoms with van der Waals surface area (Å²) in [4.78, 5) is 0. The van der Waals surface area contributed by atoms with E-state index in [-0.39, 0.29) is 0 Å². The Bertz CT molecular complexity index is 501. The van der Waals surface area contributed by atoms with Gasteiger partial charge < -0.3 is 5.11 Å². The zero-order chi connectivity index (χ0) is 28.3. The fraction of sp³-hybridized carbons (Fsp3) is 0.895. The third kappa shape index (κ3) is 35.2. The number of aliphatic hydroxyl groups is 1. The minimum absolute atomic E-state index is 0.705. The van der Waals surface area contributed by atoms with Gasteiger partial charge in [0.05, 0.1) is 0 Å². The van der Waals surface area contributed by atoms with Crippen molar-refractivity contribution in [2.24, 2.45) is 0 Å². The first-order valence-electron chi connectivity index (χ1n) is 18.1.